The van der Waals surface area contributed by atoms with Crippen molar-refractivity contribution in [2.24, 2.45) is 0 Å². The molecule has 0 aromatic heterocycles. The standard InChI is InChI=1S/C14H21F2NS/c1-3-4-5-6-11(2)17-12-7-9-13(10-8-12)18-14(15)16/h7-11,14,17H,3-6H2,1-2H3. The fourth-order valence-electron chi connectivity index (χ4n) is 1.79. The lowest BCUT2D eigenvalue weighted by atomic mass is 10.1. The van der Waals surface area contributed by atoms with Gasteiger partial charge in [0.25, 0.3) is 5.76 Å². The van der Waals surface area contributed by atoms with Gasteiger partial charge in [0, 0.05) is 16.6 Å². The molecule has 18 heavy (non-hydrogen) atoms. The number of hydrogen-bond donors (Lipinski definition) is 1. The lowest BCUT2D eigenvalue weighted by Gasteiger charge is -2.15. The van der Waals surface area contributed by atoms with Crippen LogP contribution in [0.25, 0.3) is 0 Å². The van der Waals surface area contributed by atoms with Gasteiger partial charge in [0.05, 0.1) is 0 Å². The molecule has 0 saturated heterocycles. The van der Waals surface area contributed by atoms with E-state index in [1.807, 2.05) is 12.1 Å². The van der Waals surface area contributed by atoms with Crippen molar-refractivity contribution in [2.45, 2.75) is 56.2 Å². The molecule has 1 N–H and O–H groups in total. The minimum absolute atomic E-state index is 0.421. The Bertz CT molecular complexity index is 327. The van der Waals surface area contributed by atoms with E-state index in [1.165, 1.54) is 19.3 Å². The maximum absolute atomic E-state index is 12.2. The van der Waals surface area contributed by atoms with Crippen LogP contribution < -0.4 is 5.32 Å². The molecule has 0 bridgehead atoms. The molecule has 0 radical (unpaired) electrons. The van der Waals surface area contributed by atoms with Crippen LogP contribution in [0.1, 0.15) is 39.5 Å². The van der Waals surface area contributed by atoms with Gasteiger partial charge >= 0.3 is 0 Å². The third kappa shape index (κ3) is 6.24. The highest BCUT2D eigenvalue weighted by atomic mass is 32.2. The number of benzene rings is 1. The first-order valence-electron chi connectivity index (χ1n) is 6.43. The summed E-state index contributed by atoms with van der Waals surface area (Å²) in [6.45, 7) is 4.34. The van der Waals surface area contributed by atoms with Gasteiger partial charge in [-0.3, -0.25) is 0 Å². The molecule has 1 aromatic rings. The zero-order valence-corrected chi connectivity index (χ0v) is 11.8. The summed E-state index contributed by atoms with van der Waals surface area (Å²) in [5.74, 6) is -2.35. The molecule has 0 aliphatic carbocycles. The number of rotatable bonds is 8. The topological polar surface area (TPSA) is 12.0 Å². The first-order chi connectivity index (χ1) is 8.61. The summed E-state index contributed by atoms with van der Waals surface area (Å²) >= 11 is 0.582. The van der Waals surface area contributed by atoms with E-state index >= 15 is 0 Å². The summed E-state index contributed by atoms with van der Waals surface area (Å²) in [5, 5.41) is 3.38. The number of alkyl halides is 2. The highest BCUT2D eigenvalue weighted by molar-refractivity contribution is 7.99. The van der Waals surface area contributed by atoms with Gasteiger partial charge < -0.3 is 5.32 Å². The summed E-state index contributed by atoms with van der Waals surface area (Å²) in [7, 11) is 0. The van der Waals surface area contributed by atoms with E-state index in [4.69, 9.17) is 0 Å². The SMILES string of the molecule is CCCCCC(C)Nc1ccc(SC(F)F)cc1. The van der Waals surface area contributed by atoms with Crippen molar-refractivity contribution in [3.63, 3.8) is 0 Å². The molecule has 0 fully saturated rings. The van der Waals surface area contributed by atoms with Crippen molar-refractivity contribution in [2.75, 3.05) is 5.32 Å². The Hall–Kier alpha value is -0.770. The summed E-state index contributed by atoms with van der Waals surface area (Å²) in [4.78, 5) is 0.606. The fraction of sp³-hybridized carbons (Fsp3) is 0.571. The van der Waals surface area contributed by atoms with E-state index in [0.29, 0.717) is 22.7 Å². The Labute approximate surface area is 112 Å². The maximum atomic E-state index is 12.2. The second kappa shape index (κ2) is 8.35. The molecular formula is C14H21F2NS. The monoisotopic (exact) mass is 273 g/mol. The average molecular weight is 273 g/mol. The molecule has 1 atom stereocenters. The van der Waals surface area contributed by atoms with Crippen LogP contribution in [0.15, 0.2) is 29.2 Å². The van der Waals surface area contributed by atoms with E-state index in [2.05, 4.69) is 19.2 Å². The number of thioether (sulfide) groups is 1. The normalized spacial score (nSPS) is 12.7. The summed E-state index contributed by atoms with van der Waals surface area (Å²) in [6, 6.07) is 7.61. The first-order valence-corrected chi connectivity index (χ1v) is 7.31. The van der Waals surface area contributed by atoms with Gasteiger partial charge in [-0.05, 0) is 37.6 Å². The van der Waals surface area contributed by atoms with Crippen molar-refractivity contribution >= 4 is 17.4 Å². The lowest BCUT2D eigenvalue weighted by Crippen LogP contribution is -2.14. The van der Waals surface area contributed by atoms with Crippen LogP contribution in [0.3, 0.4) is 0 Å². The molecule has 1 aromatic carbocycles. The van der Waals surface area contributed by atoms with Crippen molar-refractivity contribution in [1.29, 1.82) is 0 Å². The van der Waals surface area contributed by atoms with E-state index in [0.717, 1.165) is 12.1 Å². The van der Waals surface area contributed by atoms with Crippen LogP contribution in [-0.4, -0.2) is 11.8 Å². The highest BCUT2D eigenvalue weighted by Gasteiger charge is 2.05. The Morgan fingerprint density at radius 3 is 2.39 bits per heavy atom. The fourth-order valence-corrected chi connectivity index (χ4v) is 2.29. The predicted molar refractivity (Wildman–Crippen MR) is 75.5 cm³/mol. The number of unbranched alkanes of at least 4 members (excludes halogenated alkanes) is 2. The molecule has 0 spiro atoms. The Kier molecular flexibility index (Phi) is 7.09. The second-order valence-corrected chi connectivity index (χ2v) is 5.51. The smallest absolute Gasteiger partial charge is 0.288 e. The first kappa shape index (κ1) is 15.3. The van der Waals surface area contributed by atoms with Gasteiger partial charge in [0.1, 0.15) is 0 Å². The number of nitrogens with one attached hydrogen (secondary N) is 1. The summed E-state index contributed by atoms with van der Waals surface area (Å²) in [5.41, 5.74) is 0.998. The molecule has 102 valence electrons. The molecule has 0 amide bonds. The molecule has 1 nitrogen and oxygen atoms in total. The third-order valence-corrected chi connectivity index (χ3v) is 3.46. The summed E-state index contributed by atoms with van der Waals surface area (Å²) in [6.07, 6.45) is 4.85. The van der Waals surface area contributed by atoms with Gasteiger partial charge in [0.15, 0.2) is 0 Å². The molecule has 0 aliphatic heterocycles. The lowest BCUT2D eigenvalue weighted by molar-refractivity contribution is 0.252. The number of anilines is 1. The van der Waals surface area contributed by atoms with Crippen LogP contribution in [0, 0.1) is 0 Å². The van der Waals surface area contributed by atoms with E-state index < -0.39 is 5.76 Å². The van der Waals surface area contributed by atoms with Gasteiger partial charge in [-0.1, -0.05) is 37.9 Å². The van der Waals surface area contributed by atoms with E-state index in [1.54, 1.807) is 12.1 Å². The second-order valence-electron chi connectivity index (χ2n) is 4.44. The van der Waals surface area contributed by atoms with Crippen LogP contribution in [0.4, 0.5) is 14.5 Å². The third-order valence-electron chi connectivity index (χ3n) is 2.73. The van der Waals surface area contributed by atoms with Gasteiger partial charge in [-0.2, -0.15) is 8.78 Å². The Balaban J connectivity index is 2.38. The molecule has 4 heteroatoms. The molecule has 1 rings (SSSR count). The van der Waals surface area contributed by atoms with Crippen molar-refractivity contribution in [3.05, 3.63) is 24.3 Å². The largest absolute Gasteiger partial charge is 0.383 e. The molecule has 1 unspecified atom stereocenters. The number of hydrogen-bond acceptors (Lipinski definition) is 2. The minimum Gasteiger partial charge on any atom is -0.383 e. The quantitative estimate of drug-likeness (QED) is 0.504. The van der Waals surface area contributed by atoms with Crippen molar-refractivity contribution in [3.8, 4) is 0 Å². The van der Waals surface area contributed by atoms with E-state index in [9.17, 15) is 8.78 Å². The van der Waals surface area contributed by atoms with Crippen LogP contribution in [0.2, 0.25) is 0 Å². The van der Waals surface area contributed by atoms with Gasteiger partial charge in [-0.15, -0.1) is 0 Å². The predicted octanol–water partition coefficient (Wildman–Crippen LogP) is 5.38. The van der Waals surface area contributed by atoms with Gasteiger partial charge in [0.2, 0.25) is 0 Å². The minimum atomic E-state index is -2.35. The zero-order valence-electron chi connectivity index (χ0n) is 11.0. The Morgan fingerprint density at radius 2 is 1.83 bits per heavy atom. The highest BCUT2D eigenvalue weighted by Crippen LogP contribution is 2.26. The van der Waals surface area contributed by atoms with Crippen molar-refractivity contribution in [1.82, 2.24) is 0 Å². The molecule has 0 aliphatic rings. The average Bonchev–Trinajstić information content (AvgIpc) is 2.31. The van der Waals surface area contributed by atoms with Gasteiger partial charge in [-0.25, -0.2) is 0 Å². The maximum Gasteiger partial charge on any atom is 0.288 e. The molecule has 0 heterocycles. The van der Waals surface area contributed by atoms with Crippen LogP contribution >= 0.6 is 11.8 Å². The number of halogens is 2. The zero-order chi connectivity index (χ0) is 13.4. The van der Waals surface area contributed by atoms with E-state index in [-0.39, 0.29) is 0 Å². The Morgan fingerprint density at radius 1 is 1.17 bits per heavy atom. The van der Waals surface area contributed by atoms with Crippen LogP contribution in [-0.2, 0) is 0 Å². The van der Waals surface area contributed by atoms with Crippen molar-refractivity contribution < 1.29 is 8.78 Å². The molecule has 0 saturated carbocycles. The summed E-state index contributed by atoms with van der Waals surface area (Å²) < 4.78 is 24.3. The van der Waals surface area contributed by atoms with Crippen LogP contribution in [0.5, 0.6) is 0 Å². The molecular weight excluding hydrogens is 252 g/mol.